The van der Waals surface area contributed by atoms with E-state index >= 15 is 0 Å². The molecule has 0 aliphatic heterocycles. The smallest absolute Gasteiger partial charge is 0.253 e. The minimum Gasteiger partial charge on any atom is -0.361 e. The summed E-state index contributed by atoms with van der Waals surface area (Å²) in [6, 6.07) is 19.8. The van der Waals surface area contributed by atoms with Crippen molar-refractivity contribution in [3.8, 4) is 0 Å². The van der Waals surface area contributed by atoms with Crippen LogP contribution in [-0.4, -0.2) is 28.3 Å². The molecule has 6 heteroatoms. The number of nitrogens with zero attached hydrogens (tertiary/aromatic N) is 1. The summed E-state index contributed by atoms with van der Waals surface area (Å²) in [4.78, 5) is 32.8. The molecule has 0 radical (unpaired) electrons. The Morgan fingerprint density at radius 3 is 2.57 bits per heavy atom. The van der Waals surface area contributed by atoms with Crippen molar-refractivity contribution in [3.63, 3.8) is 0 Å². The van der Waals surface area contributed by atoms with Gasteiger partial charge >= 0.3 is 0 Å². The Hall–Kier alpha value is -3.93. The second-order valence-electron chi connectivity index (χ2n) is 6.96. The van der Waals surface area contributed by atoms with Crippen LogP contribution in [0.25, 0.3) is 10.9 Å². The van der Waals surface area contributed by atoms with Crippen LogP contribution in [0.5, 0.6) is 0 Å². The van der Waals surface area contributed by atoms with Gasteiger partial charge in [0.25, 0.3) is 5.91 Å². The number of hydrogen-bond acceptors (Lipinski definition) is 3. The van der Waals surface area contributed by atoms with E-state index < -0.39 is 6.04 Å². The Kier molecular flexibility index (Phi) is 5.85. The maximum Gasteiger partial charge on any atom is 0.253 e. The molecule has 1 atom stereocenters. The molecule has 0 bridgehead atoms. The number of rotatable bonds is 7. The Balaban J connectivity index is 1.45. The normalized spacial score (nSPS) is 11.7. The zero-order valence-electron chi connectivity index (χ0n) is 16.3. The Bertz CT molecular complexity index is 1140. The lowest BCUT2D eigenvalue weighted by Crippen LogP contribution is -2.41. The van der Waals surface area contributed by atoms with E-state index in [9.17, 15) is 9.59 Å². The first-order chi connectivity index (χ1) is 14.7. The summed E-state index contributed by atoms with van der Waals surface area (Å²) in [5, 5.41) is 6.93. The zero-order chi connectivity index (χ0) is 20.8. The van der Waals surface area contributed by atoms with Gasteiger partial charge in [0.05, 0.1) is 5.56 Å². The van der Waals surface area contributed by atoms with E-state index in [1.54, 1.807) is 18.3 Å². The summed E-state index contributed by atoms with van der Waals surface area (Å²) >= 11 is 0. The second-order valence-corrected chi connectivity index (χ2v) is 6.96. The summed E-state index contributed by atoms with van der Waals surface area (Å²) in [5.74, 6) is -0.595. The van der Waals surface area contributed by atoms with Crippen molar-refractivity contribution in [2.75, 3.05) is 6.54 Å². The van der Waals surface area contributed by atoms with Crippen LogP contribution in [0.15, 0.2) is 85.3 Å². The Morgan fingerprint density at radius 1 is 0.967 bits per heavy atom. The average molecular weight is 398 g/mol. The molecule has 2 amide bonds. The van der Waals surface area contributed by atoms with Gasteiger partial charge in [-0.1, -0.05) is 48.5 Å². The Labute approximate surface area is 174 Å². The van der Waals surface area contributed by atoms with Gasteiger partial charge in [-0.15, -0.1) is 0 Å². The van der Waals surface area contributed by atoms with E-state index in [1.165, 1.54) is 6.20 Å². The van der Waals surface area contributed by atoms with E-state index in [0.29, 0.717) is 18.5 Å². The van der Waals surface area contributed by atoms with Gasteiger partial charge in [0.15, 0.2) is 0 Å². The van der Waals surface area contributed by atoms with Gasteiger partial charge in [-0.3, -0.25) is 14.6 Å². The lowest BCUT2D eigenvalue weighted by atomic mass is 10.1. The van der Waals surface area contributed by atoms with Crippen molar-refractivity contribution in [1.29, 1.82) is 0 Å². The van der Waals surface area contributed by atoms with Gasteiger partial charge in [-0.05, 0) is 35.7 Å². The quantitative estimate of drug-likeness (QED) is 0.446. The summed E-state index contributed by atoms with van der Waals surface area (Å²) in [6.45, 7) is 0.465. The topological polar surface area (TPSA) is 86.9 Å². The third kappa shape index (κ3) is 4.38. The van der Waals surface area contributed by atoms with Gasteiger partial charge in [-0.2, -0.15) is 0 Å². The molecular weight excluding hydrogens is 376 g/mol. The molecule has 4 rings (SSSR count). The molecule has 0 spiro atoms. The fourth-order valence-electron chi connectivity index (χ4n) is 3.42. The highest BCUT2D eigenvalue weighted by atomic mass is 16.2. The molecule has 6 nitrogen and oxygen atoms in total. The number of amides is 2. The van der Waals surface area contributed by atoms with Crippen LogP contribution in [-0.2, 0) is 11.2 Å². The summed E-state index contributed by atoms with van der Waals surface area (Å²) in [7, 11) is 0. The molecule has 4 aromatic rings. The van der Waals surface area contributed by atoms with Gasteiger partial charge in [0.2, 0.25) is 5.91 Å². The highest BCUT2D eigenvalue weighted by molar-refractivity contribution is 5.97. The minimum absolute atomic E-state index is 0.252. The van der Waals surface area contributed by atoms with Crippen molar-refractivity contribution in [2.45, 2.75) is 12.5 Å². The fourth-order valence-corrected chi connectivity index (χ4v) is 3.42. The van der Waals surface area contributed by atoms with Crippen molar-refractivity contribution < 1.29 is 9.59 Å². The third-order valence-electron chi connectivity index (χ3n) is 4.96. The lowest BCUT2D eigenvalue weighted by Gasteiger charge is -2.19. The van der Waals surface area contributed by atoms with Gasteiger partial charge in [0, 0.05) is 36.0 Å². The zero-order valence-corrected chi connectivity index (χ0v) is 16.3. The number of carbonyl (C=O) groups is 2. The van der Waals surface area contributed by atoms with E-state index in [1.807, 2.05) is 54.7 Å². The maximum absolute atomic E-state index is 13.0. The van der Waals surface area contributed by atoms with Crippen molar-refractivity contribution in [1.82, 2.24) is 20.6 Å². The number of nitrogens with one attached hydrogen (secondary N) is 3. The molecule has 0 aliphatic carbocycles. The Morgan fingerprint density at radius 2 is 1.77 bits per heavy atom. The predicted molar refractivity (Wildman–Crippen MR) is 116 cm³/mol. The third-order valence-corrected chi connectivity index (χ3v) is 4.96. The number of aromatic nitrogens is 2. The SMILES string of the molecule is O=C(NC(C(=O)NCCc1c[nH]c2ccccc12)c1ccccc1)c1cccnc1. The number of hydrogen-bond donors (Lipinski definition) is 3. The van der Waals surface area contributed by atoms with Crippen LogP contribution in [0.3, 0.4) is 0 Å². The molecule has 2 aromatic carbocycles. The summed E-state index contributed by atoms with van der Waals surface area (Å²) < 4.78 is 0. The number of aromatic amines is 1. The summed E-state index contributed by atoms with van der Waals surface area (Å²) in [5.41, 5.74) is 3.34. The largest absolute Gasteiger partial charge is 0.361 e. The van der Waals surface area contributed by atoms with Crippen LogP contribution in [0.4, 0.5) is 0 Å². The molecule has 3 N–H and O–H groups in total. The van der Waals surface area contributed by atoms with Crippen LogP contribution in [0, 0.1) is 0 Å². The molecule has 30 heavy (non-hydrogen) atoms. The first kappa shape index (κ1) is 19.4. The molecule has 0 fully saturated rings. The first-order valence-electron chi connectivity index (χ1n) is 9.81. The number of carbonyl (C=O) groups excluding carboxylic acids is 2. The van der Waals surface area contributed by atoms with Crippen LogP contribution in [0.2, 0.25) is 0 Å². The molecule has 150 valence electrons. The number of benzene rings is 2. The predicted octanol–water partition coefficient (Wildman–Crippen LogP) is 3.39. The van der Waals surface area contributed by atoms with E-state index in [4.69, 9.17) is 0 Å². The van der Waals surface area contributed by atoms with E-state index in [-0.39, 0.29) is 11.8 Å². The molecule has 0 saturated carbocycles. The van der Waals surface area contributed by atoms with Crippen LogP contribution in [0.1, 0.15) is 27.5 Å². The lowest BCUT2D eigenvalue weighted by molar-refractivity contribution is -0.123. The van der Waals surface area contributed by atoms with Crippen LogP contribution >= 0.6 is 0 Å². The molecule has 1 unspecified atom stereocenters. The highest BCUT2D eigenvalue weighted by Crippen LogP contribution is 2.18. The van der Waals surface area contributed by atoms with E-state index in [2.05, 4.69) is 26.7 Å². The van der Waals surface area contributed by atoms with Crippen molar-refractivity contribution >= 4 is 22.7 Å². The van der Waals surface area contributed by atoms with Crippen LogP contribution < -0.4 is 10.6 Å². The van der Waals surface area contributed by atoms with Crippen molar-refractivity contribution in [3.05, 3.63) is 102 Å². The van der Waals surface area contributed by atoms with Gasteiger partial charge < -0.3 is 15.6 Å². The van der Waals surface area contributed by atoms with E-state index in [0.717, 1.165) is 22.0 Å². The number of pyridine rings is 1. The molecule has 2 aromatic heterocycles. The first-order valence-corrected chi connectivity index (χ1v) is 9.81. The van der Waals surface area contributed by atoms with Gasteiger partial charge in [-0.25, -0.2) is 0 Å². The molecule has 0 saturated heterocycles. The number of fused-ring (bicyclic) bond motifs is 1. The number of H-pyrrole nitrogens is 1. The monoisotopic (exact) mass is 398 g/mol. The average Bonchev–Trinajstić information content (AvgIpc) is 3.21. The standard InChI is InChI=1S/C24H22N4O2/c29-23(19-9-6-13-25-15-19)28-22(17-7-2-1-3-8-17)24(30)26-14-12-18-16-27-21-11-5-4-10-20(18)21/h1-11,13,15-16,22,27H,12,14H2,(H,26,30)(H,28,29). The highest BCUT2D eigenvalue weighted by Gasteiger charge is 2.23. The molecule has 0 aliphatic rings. The molecule has 2 heterocycles. The minimum atomic E-state index is -0.790. The maximum atomic E-state index is 13.0. The fraction of sp³-hybridized carbons (Fsp3) is 0.125. The van der Waals surface area contributed by atoms with Crippen molar-refractivity contribution in [2.24, 2.45) is 0 Å². The second kappa shape index (κ2) is 9.05. The molecular formula is C24H22N4O2. The van der Waals surface area contributed by atoms with Gasteiger partial charge in [0.1, 0.15) is 6.04 Å². The number of para-hydroxylation sites is 1. The summed E-state index contributed by atoms with van der Waals surface area (Å²) in [6.07, 6.45) is 5.73.